The summed E-state index contributed by atoms with van der Waals surface area (Å²) in [5, 5.41) is 5.25. The van der Waals surface area contributed by atoms with Crippen molar-refractivity contribution >= 4 is 17.4 Å². The first-order valence-electron chi connectivity index (χ1n) is 9.23. The number of urea groups is 1. The van der Waals surface area contributed by atoms with Crippen molar-refractivity contribution in [3.8, 4) is 5.75 Å². The molecule has 2 amide bonds. The van der Waals surface area contributed by atoms with Crippen molar-refractivity contribution in [1.29, 1.82) is 0 Å². The Bertz CT molecular complexity index is 807. The van der Waals surface area contributed by atoms with Crippen molar-refractivity contribution in [3.63, 3.8) is 0 Å². The van der Waals surface area contributed by atoms with Crippen molar-refractivity contribution in [2.75, 3.05) is 13.2 Å². The van der Waals surface area contributed by atoms with Crippen LogP contribution in [0.1, 0.15) is 54.3 Å². The zero-order chi connectivity index (χ0) is 18.1. The van der Waals surface area contributed by atoms with Crippen molar-refractivity contribution in [2.45, 2.75) is 44.7 Å². The monoisotopic (exact) mass is 374 g/mol. The molecule has 0 aliphatic carbocycles. The van der Waals surface area contributed by atoms with Crippen molar-refractivity contribution in [1.82, 2.24) is 10.2 Å². The van der Waals surface area contributed by atoms with Gasteiger partial charge >= 0.3 is 6.03 Å². The third-order valence-electron chi connectivity index (χ3n) is 5.28. The Balaban J connectivity index is 1.56. The number of carbonyl (C=O) groups excluding carboxylic acids is 1. The van der Waals surface area contributed by atoms with Gasteiger partial charge in [0.2, 0.25) is 0 Å². The minimum Gasteiger partial charge on any atom is -0.493 e. The molecule has 4 rings (SSSR count). The molecule has 0 saturated carbocycles. The summed E-state index contributed by atoms with van der Waals surface area (Å²) < 4.78 is 19.5. The highest BCUT2D eigenvalue weighted by Gasteiger charge is 2.32. The maximum atomic E-state index is 13.8. The van der Waals surface area contributed by atoms with Gasteiger partial charge in [0.1, 0.15) is 11.6 Å². The van der Waals surface area contributed by atoms with Gasteiger partial charge in [-0.2, -0.15) is 0 Å². The third-order valence-corrected chi connectivity index (χ3v) is 6.28. The Morgan fingerprint density at radius 1 is 1.38 bits per heavy atom. The van der Waals surface area contributed by atoms with E-state index in [-0.39, 0.29) is 23.9 Å². The summed E-state index contributed by atoms with van der Waals surface area (Å²) in [4.78, 5) is 16.4. The standard InChI is InChI=1S/C20H23FN2O2S/c1-2-17-14-8-11-26-19(14)7-9-23(17)20(24)22-16-4-3-10-25-18-6-5-13(21)12-15(16)18/h5-6,8,11-12,16-17H,2-4,7,9-10H2,1H3,(H,22,24)/t16-,17-/m1/s1. The Hall–Kier alpha value is -2.08. The van der Waals surface area contributed by atoms with E-state index in [0.717, 1.165) is 37.8 Å². The van der Waals surface area contributed by atoms with Crippen LogP contribution in [-0.4, -0.2) is 24.1 Å². The second-order valence-corrected chi connectivity index (χ2v) is 7.84. The summed E-state index contributed by atoms with van der Waals surface area (Å²) >= 11 is 1.77. The van der Waals surface area contributed by atoms with Gasteiger partial charge in [-0.15, -0.1) is 11.3 Å². The van der Waals surface area contributed by atoms with Crippen LogP contribution in [0.15, 0.2) is 29.6 Å². The molecule has 0 bridgehead atoms. The third kappa shape index (κ3) is 3.18. The number of carbonyl (C=O) groups is 1. The van der Waals surface area contributed by atoms with Crippen LogP contribution >= 0.6 is 11.3 Å². The molecule has 4 nitrogen and oxygen atoms in total. The number of hydrogen-bond acceptors (Lipinski definition) is 3. The van der Waals surface area contributed by atoms with Gasteiger partial charge in [0.05, 0.1) is 18.7 Å². The Labute approximate surface area is 157 Å². The van der Waals surface area contributed by atoms with Crippen LogP contribution in [0.2, 0.25) is 0 Å². The van der Waals surface area contributed by atoms with Gasteiger partial charge < -0.3 is 15.0 Å². The molecule has 3 heterocycles. The summed E-state index contributed by atoms with van der Waals surface area (Å²) in [5.74, 6) is 0.362. The van der Waals surface area contributed by atoms with Gasteiger partial charge in [-0.1, -0.05) is 6.92 Å². The molecule has 0 unspecified atom stereocenters. The predicted octanol–water partition coefficient (Wildman–Crippen LogP) is 4.82. The van der Waals surface area contributed by atoms with Crippen molar-refractivity contribution in [2.24, 2.45) is 0 Å². The van der Waals surface area contributed by atoms with Crippen LogP contribution in [0.5, 0.6) is 5.75 Å². The number of rotatable bonds is 2. The fourth-order valence-corrected chi connectivity index (χ4v) is 4.94. The first-order chi connectivity index (χ1) is 12.7. The first-order valence-corrected chi connectivity index (χ1v) is 10.1. The summed E-state index contributed by atoms with van der Waals surface area (Å²) in [6.45, 7) is 3.42. The number of benzene rings is 1. The average molecular weight is 374 g/mol. The molecular formula is C20H23FN2O2S. The topological polar surface area (TPSA) is 41.6 Å². The highest BCUT2D eigenvalue weighted by molar-refractivity contribution is 7.10. The smallest absolute Gasteiger partial charge is 0.318 e. The second-order valence-electron chi connectivity index (χ2n) is 6.84. The summed E-state index contributed by atoms with van der Waals surface area (Å²) in [6, 6.07) is 6.49. The highest BCUT2D eigenvalue weighted by Crippen LogP contribution is 2.36. The Morgan fingerprint density at radius 2 is 2.27 bits per heavy atom. The lowest BCUT2D eigenvalue weighted by atomic mass is 9.98. The van der Waals surface area contributed by atoms with Crippen LogP contribution < -0.4 is 10.1 Å². The normalized spacial score (nSPS) is 22.0. The molecule has 0 fully saturated rings. The molecular weight excluding hydrogens is 351 g/mol. The van der Waals surface area contributed by atoms with Gasteiger partial charge in [-0.3, -0.25) is 0 Å². The summed E-state index contributed by atoms with van der Waals surface area (Å²) in [6.07, 6.45) is 3.36. The number of fused-ring (bicyclic) bond motifs is 2. The number of ether oxygens (including phenoxy) is 1. The Kier molecular flexibility index (Phi) is 4.85. The van der Waals surface area contributed by atoms with Gasteiger partial charge in [-0.25, -0.2) is 9.18 Å². The minimum absolute atomic E-state index is 0.0733. The van der Waals surface area contributed by atoms with E-state index in [1.807, 2.05) is 4.90 Å². The lowest BCUT2D eigenvalue weighted by Crippen LogP contribution is -2.46. The van der Waals surface area contributed by atoms with Crippen LogP contribution in [0.25, 0.3) is 0 Å². The lowest BCUT2D eigenvalue weighted by molar-refractivity contribution is 0.163. The molecule has 2 aliphatic rings. The van der Waals surface area contributed by atoms with Crippen LogP contribution in [0.3, 0.4) is 0 Å². The van der Waals surface area contributed by atoms with Crippen molar-refractivity contribution in [3.05, 3.63) is 51.5 Å². The number of halogens is 1. The van der Waals surface area contributed by atoms with E-state index < -0.39 is 0 Å². The van der Waals surface area contributed by atoms with E-state index in [4.69, 9.17) is 4.74 Å². The van der Waals surface area contributed by atoms with Crippen LogP contribution in [0.4, 0.5) is 9.18 Å². The SMILES string of the molecule is CC[C@@H]1c2ccsc2CCN1C(=O)N[C@@H]1CCCOc2ccc(F)cc21. The highest BCUT2D eigenvalue weighted by atomic mass is 32.1. The van der Waals surface area contributed by atoms with E-state index >= 15 is 0 Å². The van der Waals surface area contributed by atoms with Gasteiger partial charge in [0.15, 0.2) is 0 Å². The molecule has 26 heavy (non-hydrogen) atoms. The largest absolute Gasteiger partial charge is 0.493 e. The van der Waals surface area contributed by atoms with Crippen LogP contribution in [0, 0.1) is 5.82 Å². The molecule has 138 valence electrons. The molecule has 2 aliphatic heterocycles. The number of amides is 2. The molecule has 1 N–H and O–H groups in total. The van der Waals surface area contributed by atoms with E-state index in [0.29, 0.717) is 12.4 Å². The Morgan fingerprint density at radius 3 is 3.12 bits per heavy atom. The summed E-state index contributed by atoms with van der Waals surface area (Å²) in [7, 11) is 0. The van der Waals surface area contributed by atoms with Gasteiger partial charge in [0, 0.05) is 17.0 Å². The fraction of sp³-hybridized carbons (Fsp3) is 0.450. The number of nitrogens with zero attached hydrogens (tertiary/aromatic N) is 1. The predicted molar refractivity (Wildman–Crippen MR) is 100 cm³/mol. The number of hydrogen-bond donors (Lipinski definition) is 1. The van der Waals surface area contributed by atoms with E-state index in [2.05, 4.69) is 23.7 Å². The van der Waals surface area contributed by atoms with E-state index in [1.54, 1.807) is 17.4 Å². The number of nitrogens with one attached hydrogen (secondary N) is 1. The molecule has 6 heteroatoms. The zero-order valence-electron chi connectivity index (χ0n) is 14.8. The molecule has 0 spiro atoms. The minimum atomic E-state index is -0.305. The maximum Gasteiger partial charge on any atom is 0.318 e. The average Bonchev–Trinajstić information content (AvgIpc) is 3.04. The fourth-order valence-electron chi connectivity index (χ4n) is 4.01. The molecule has 1 aromatic heterocycles. The molecule has 1 aromatic carbocycles. The molecule has 2 aromatic rings. The first kappa shape index (κ1) is 17.3. The van der Waals surface area contributed by atoms with Gasteiger partial charge in [-0.05, 0) is 60.9 Å². The zero-order valence-corrected chi connectivity index (χ0v) is 15.7. The lowest BCUT2D eigenvalue weighted by Gasteiger charge is -2.36. The van der Waals surface area contributed by atoms with Gasteiger partial charge in [0.25, 0.3) is 0 Å². The molecule has 0 saturated heterocycles. The molecule has 0 radical (unpaired) electrons. The quantitative estimate of drug-likeness (QED) is 0.819. The van der Waals surface area contributed by atoms with E-state index in [1.165, 1.54) is 22.6 Å². The maximum absolute atomic E-state index is 13.8. The van der Waals surface area contributed by atoms with Crippen molar-refractivity contribution < 1.29 is 13.9 Å². The van der Waals surface area contributed by atoms with E-state index in [9.17, 15) is 9.18 Å². The number of thiophene rings is 1. The molecule has 2 atom stereocenters. The van der Waals surface area contributed by atoms with Crippen LogP contribution in [-0.2, 0) is 6.42 Å². The second kappa shape index (κ2) is 7.27. The summed E-state index contributed by atoms with van der Waals surface area (Å²) in [5.41, 5.74) is 2.01.